The van der Waals surface area contributed by atoms with Gasteiger partial charge in [-0.1, -0.05) is 12.4 Å². The number of ether oxygens (including phenoxy) is 1. The summed E-state index contributed by atoms with van der Waals surface area (Å²) in [5.74, 6) is -1.44. The monoisotopic (exact) mass is 419 g/mol. The summed E-state index contributed by atoms with van der Waals surface area (Å²) >= 11 is 0. The molecule has 2 fully saturated rings. The van der Waals surface area contributed by atoms with Gasteiger partial charge in [-0.05, 0) is 31.0 Å². The number of ketones is 1. The van der Waals surface area contributed by atoms with Crippen LogP contribution in [0.2, 0.25) is 6.32 Å². The van der Waals surface area contributed by atoms with Crippen molar-refractivity contribution in [3.63, 3.8) is 0 Å². The third kappa shape index (κ3) is 4.14. The molecule has 0 aliphatic carbocycles. The largest absolute Gasteiger partial charge is 0.669 e. The number of likely N-dealkylation sites (tertiary alicyclic amines) is 1. The Morgan fingerprint density at radius 3 is 2.73 bits per heavy atom. The number of fused-ring (bicyclic) bond motifs is 1. The van der Waals surface area contributed by atoms with Crippen molar-refractivity contribution in [3.05, 3.63) is 23.3 Å². The van der Waals surface area contributed by atoms with Gasteiger partial charge in [-0.2, -0.15) is 0 Å². The Bertz CT molecular complexity index is 884. The molecule has 3 aliphatic rings. The lowest BCUT2D eigenvalue weighted by molar-refractivity contribution is -0.142. The fourth-order valence-corrected chi connectivity index (χ4v) is 4.04. The van der Waals surface area contributed by atoms with Crippen LogP contribution in [0.25, 0.3) is 0 Å². The zero-order valence-corrected chi connectivity index (χ0v) is 16.4. The lowest BCUT2D eigenvalue weighted by Crippen LogP contribution is -2.57. The smallest absolute Gasteiger partial charge is 0.430 e. The number of benzene rings is 1. The maximum atomic E-state index is 12.4. The average molecular weight is 419 g/mol. The van der Waals surface area contributed by atoms with E-state index < -0.39 is 24.9 Å². The number of carbonyl (C=O) groups excluding carboxylic acids is 2. The molecule has 3 aliphatic heterocycles. The van der Waals surface area contributed by atoms with E-state index in [0.29, 0.717) is 12.0 Å². The highest BCUT2D eigenvalue weighted by atomic mass is 16.6. The molecule has 1 unspecified atom stereocenters. The van der Waals surface area contributed by atoms with E-state index in [0.717, 1.165) is 13.0 Å². The fourth-order valence-electron chi connectivity index (χ4n) is 4.04. The SMILES string of the molecule is O=C(O)c1c(OC2CN(C(=O)CC3NCCCC3=O)C2)ccc2c1O[B-](O)(O)CC2. The van der Waals surface area contributed by atoms with Crippen LogP contribution in [0.1, 0.15) is 35.2 Å². The molecule has 1 aromatic rings. The van der Waals surface area contributed by atoms with Gasteiger partial charge >= 0.3 is 12.7 Å². The van der Waals surface area contributed by atoms with Crippen molar-refractivity contribution in [1.82, 2.24) is 10.2 Å². The van der Waals surface area contributed by atoms with Crippen molar-refractivity contribution in [1.29, 1.82) is 0 Å². The maximum absolute atomic E-state index is 12.4. The van der Waals surface area contributed by atoms with Gasteiger partial charge in [-0.25, -0.2) is 4.79 Å². The first-order valence-corrected chi connectivity index (χ1v) is 10.1. The van der Waals surface area contributed by atoms with Crippen LogP contribution in [-0.2, 0) is 16.0 Å². The predicted molar refractivity (Wildman–Crippen MR) is 104 cm³/mol. The summed E-state index contributed by atoms with van der Waals surface area (Å²) in [7, 11) is 0. The molecule has 0 spiro atoms. The average Bonchev–Trinajstić information content (AvgIpc) is 2.64. The van der Waals surface area contributed by atoms with E-state index >= 15 is 0 Å². The van der Waals surface area contributed by atoms with Crippen molar-refractivity contribution in [2.24, 2.45) is 0 Å². The Kier molecular flexibility index (Phi) is 5.43. The molecule has 4 rings (SSSR count). The topological polar surface area (TPSA) is 146 Å². The minimum atomic E-state index is -3.11. The summed E-state index contributed by atoms with van der Waals surface area (Å²) in [6.07, 6.45) is 1.25. The first-order chi connectivity index (χ1) is 14.2. The van der Waals surface area contributed by atoms with Crippen LogP contribution in [0.4, 0.5) is 0 Å². The maximum Gasteiger partial charge on any atom is 0.430 e. The first kappa shape index (κ1) is 20.6. The second-order valence-electron chi connectivity index (χ2n) is 8.07. The van der Waals surface area contributed by atoms with E-state index in [1.54, 1.807) is 11.0 Å². The predicted octanol–water partition coefficient (Wildman–Crippen LogP) is -0.456. The standard InChI is InChI=1S/C19H24BN2O8/c23-14-2-1-7-21-13(14)8-16(24)22-9-12(10-22)29-15-4-3-11-5-6-20(27,28)30-18(11)17(15)19(25)26/h3-4,12-13,21,27-28H,1-2,5-10H2,(H,25,26)/q-1. The number of carboxylic acid groups (broad SMARTS) is 1. The minimum Gasteiger partial charge on any atom is -0.669 e. The molecule has 1 amide bonds. The second kappa shape index (κ2) is 7.90. The molecule has 4 N–H and O–H groups in total. The summed E-state index contributed by atoms with van der Waals surface area (Å²) in [5.41, 5.74) is 0.304. The Morgan fingerprint density at radius 2 is 2.03 bits per heavy atom. The van der Waals surface area contributed by atoms with Gasteiger partial charge in [0.1, 0.15) is 23.2 Å². The molecule has 10 nitrogen and oxygen atoms in total. The molecule has 30 heavy (non-hydrogen) atoms. The van der Waals surface area contributed by atoms with Gasteiger partial charge in [0.2, 0.25) is 5.91 Å². The van der Waals surface area contributed by atoms with Crippen LogP contribution >= 0.6 is 0 Å². The first-order valence-electron chi connectivity index (χ1n) is 10.1. The summed E-state index contributed by atoms with van der Waals surface area (Å²) < 4.78 is 10.9. The fraction of sp³-hybridized carbons (Fsp3) is 0.526. The second-order valence-corrected chi connectivity index (χ2v) is 8.07. The van der Waals surface area contributed by atoms with E-state index in [-0.39, 0.29) is 61.0 Å². The van der Waals surface area contributed by atoms with Crippen molar-refractivity contribution in [3.8, 4) is 11.5 Å². The third-order valence-corrected chi connectivity index (χ3v) is 5.76. The molecule has 0 saturated carbocycles. The van der Waals surface area contributed by atoms with Crippen molar-refractivity contribution < 1.29 is 38.9 Å². The lowest BCUT2D eigenvalue weighted by Gasteiger charge is -2.41. The van der Waals surface area contributed by atoms with Gasteiger partial charge in [-0.15, -0.1) is 0 Å². The highest BCUT2D eigenvalue weighted by Gasteiger charge is 2.37. The van der Waals surface area contributed by atoms with Crippen molar-refractivity contribution >= 4 is 24.4 Å². The Hall–Kier alpha value is -2.63. The number of hydrogen-bond acceptors (Lipinski definition) is 8. The van der Waals surface area contributed by atoms with Gasteiger partial charge in [0.25, 0.3) is 0 Å². The molecule has 0 aromatic heterocycles. The number of amides is 1. The molecule has 1 aromatic carbocycles. The summed E-state index contributed by atoms with van der Waals surface area (Å²) in [6.45, 7) is -1.82. The molecule has 3 heterocycles. The number of nitrogens with one attached hydrogen (secondary N) is 1. The quantitative estimate of drug-likeness (QED) is 0.466. The number of aromatic carboxylic acids is 1. The van der Waals surface area contributed by atoms with Gasteiger partial charge in [0, 0.05) is 12.8 Å². The van der Waals surface area contributed by atoms with E-state index in [1.807, 2.05) is 0 Å². The molecule has 11 heteroatoms. The van der Waals surface area contributed by atoms with Gasteiger partial charge < -0.3 is 34.8 Å². The summed E-state index contributed by atoms with van der Waals surface area (Å²) in [6, 6.07) is 2.72. The van der Waals surface area contributed by atoms with Gasteiger partial charge in [0.15, 0.2) is 0 Å². The highest BCUT2D eigenvalue weighted by Crippen LogP contribution is 2.39. The van der Waals surface area contributed by atoms with Crippen LogP contribution in [0.3, 0.4) is 0 Å². The Labute approximate surface area is 172 Å². The van der Waals surface area contributed by atoms with Crippen molar-refractivity contribution in [2.75, 3.05) is 19.6 Å². The van der Waals surface area contributed by atoms with Crippen LogP contribution < -0.4 is 14.7 Å². The number of rotatable bonds is 5. The Balaban J connectivity index is 1.39. The number of carbonyl (C=O) groups is 3. The molecule has 0 bridgehead atoms. The summed E-state index contributed by atoms with van der Waals surface area (Å²) in [5, 5.41) is 32.3. The number of Topliss-reactive ketones (excluding diaryl/α,β-unsaturated/α-hetero) is 1. The van der Waals surface area contributed by atoms with Crippen LogP contribution in [0, 0.1) is 0 Å². The zero-order valence-electron chi connectivity index (χ0n) is 16.4. The number of piperidine rings is 1. The van der Waals surface area contributed by atoms with E-state index in [2.05, 4.69) is 5.32 Å². The molecular formula is C19H24BN2O8-. The third-order valence-electron chi connectivity index (χ3n) is 5.76. The van der Waals surface area contributed by atoms with E-state index in [1.165, 1.54) is 6.07 Å². The van der Waals surface area contributed by atoms with Crippen LogP contribution in [0.5, 0.6) is 11.5 Å². The lowest BCUT2D eigenvalue weighted by atomic mass is 9.70. The van der Waals surface area contributed by atoms with Gasteiger partial charge in [0.05, 0.1) is 24.9 Å². The molecule has 162 valence electrons. The molecular weight excluding hydrogens is 395 g/mol. The molecule has 0 radical (unpaired) electrons. The molecule has 1 atom stereocenters. The van der Waals surface area contributed by atoms with Crippen LogP contribution in [-0.4, -0.2) is 76.2 Å². The normalized spacial score (nSPS) is 23.2. The van der Waals surface area contributed by atoms with E-state index in [4.69, 9.17) is 9.39 Å². The Morgan fingerprint density at radius 1 is 1.27 bits per heavy atom. The van der Waals surface area contributed by atoms with E-state index in [9.17, 15) is 29.5 Å². The highest BCUT2D eigenvalue weighted by molar-refractivity contribution is 6.59. The van der Waals surface area contributed by atoms with Gasteiger partial charge in [-0.3, -0.25) is 9.59 Å². The number of nitrogens with zero attached hydrogens (tertiary/aromatic N) is 1. The number of hydrogen-bond donors (Lipinski definition) is 4. The summed E-state index contributed by atoms with van der Waals surface area (Å²) in [4.78, 5) is 37.6. The minimum absolute atomic E-state index is 0.00961. The number of carboxylic acids is 1. The zero-order chi connectivity index (χ0) is 21.5. The molecule has 2 saturated heterocycles. The van der Waals surface area contributed by atoms with Crippen molar-refractivity contribution in [2.45, 2.75) is 44.1 Å². The number of aryl methyl sites for hydroxylation is 1. The van der Waals surface area contributed by atoms with Crippen LogP contribution in [0.15, 0.2) is 12.1 Å².